The summed E-state index contributed by atoms with van der Waals surface area (Å²) in [4.78, 5) is 3.74. The molecule has 1 aromatic rings. The molecule has 0 aliphatic rings. The number of hydrogen-bond acceptors (Lipinski definition) is 2. The van der Waals surface area contributed by atoms with Gasteiger partial charge in [0.05, 0.1) is 6.20 Å². The molecule has 0 atom stereocenters. The Morgan fingerprint density at radius 2 is 1.94 bits per heavy atom. The van der Waals surface area contributed by atoms with Gasteiger partial charge >= 0.3 is 0 Å². The van der Waals surface area contributed by atoms with Gasteiger partial charge in [0, 0.05) is 0 Å². The number of nitrogens with zero attached hydrogens (tertiary/aromatic N) is 1. The fraction of sp³-hybridized carbons (Fsp3) is 0.615. The Hall–Kier alpha value is -0.770. The number of anilines is 1. The number of halogens is 1. The minimum Gasteiger partial charge on any atom is -0.384 e. The maximum Gasteiger partial charge on any atom is 0.144 e. The van der Waals surface area contributed by atoms with Gasteiger partial charge in [-0.1, -0.05) is 20.8 Å². The van der Waals surface area contributed by atoms with E-state index in [0.29, 0.717) is 11.4 Å². The molecule has 4 heteroatoms. The molecule has 0 amide bonds. The van der Waals surface area contributed by atoms with Crippen LogP contribution in [0.15, 0.2) is 12.3 Å². The summed E-state index contributed by atoms with van der Waals surface area (Å²) in [5, 5.41) is 0. The predicted octanol–water partition coefficient (Wildman–Crippen LogP) is 3.21. The summed E-state index contributed by atoms with van der Waals surface area (Å²) in [6, 6.07) is 1.65. The smallest absolute Gasteiger partial charge is 0.144 e. The lowest BCUT2D eigenvalue weighted by molar-refractivity contribution is 0.606. The highest BCUT2D eigenvalue weighted by Gasteiger charge is 2.27. The van der Waals surface area contributed by atoms with E-state index in [1.807, 2.05) is 0 Å². The summed E-state index contributed by atoms with van der Waals surface area (Å²) in [6.45, 7) is 6.75. The van der Waals surface area contributed by atoms with Crippen molar-refractivity contribution in [3.63, 3.8) is 0 Å². The monoisotopic (exact) mass is 258 g/mol. The van der Waals surface area contributed by atoms with E-state index in [9.17, 15) is 4.39 Å². The molecule has 0 aliphatic heterocycles. The SMILES string of the molecule is CC(C)(C)S(C)(C)CCc1cc(N)ncc1F. The van der Waals surface area contributed by atoms with Crippen LogP contribution in [-0.4, -0.2) is 28.0 Å². The van der Waals surface area contributed by atoms with E-state index in [1.165, 1.54) is 6.20 Å². The third-order valence-corrected chi connectivity index (χ3v) is 8.04. The number of nitrogen functional groups attached to an aromatic ring is 1. The first-order chi connectivity index (χ1) is 7.63. The topological polar surface area (TPSA) is 38.9 Å². The second-order valence-corrected chi connectivity index (χ2v) is 10.5. The van der Waals surface area contributed by atoms with Gasteiger partial charge in [0.15, 0.2) is 0 Å². The van der Waals surface area contributed by atoms with Crippen LogP contribution in [0.2, 0.25) is 0 Å². The Balaban J connectivity index is 2.77. The molecule has 17 heavy (non-hydrogen) atoms. The lowest BCUT2D eigenvalue weighted by atomic mass is 10.2. The minimum absolute atomic E-state index is 0.247. The number of nitrogens with two attached hydrogens (primary N) is 1. The molecule has 2 N–H and O–H groups in total. The Morgan fingerprint density at radius 3 is 2.47 bits per heavy atom. The second-order valence-electron chi connectivity index (χ2n) is 5.81. The van der Waals surface area contributed by atoms with Crippen molar-refractivity contribution in [2.24, 2.45) is 0 Å². The van der Waals surface area contributed by atoms with Crippen molar-refractivity contribution in [2.45, 2.75) is 31.9 Å². The van der Waals surface area contributed by atoms with Gasteiger partial charge in [0.25, 0.3) is 0 Å². The van der Waals surface area contributed by atoms with Crippen LogP contribution in [-0.2, 0) is 6.42 Å². The van der Waals surface area contributed by atoms with E-state index in [2.05, 4.69) is 38.3 Å². The molecule has 0 unspecified atom stereocenters. The quantitative estimate of drug-likeness (QED) is 0.904. The normalized spacial score (nSPS) is 13.8. The van der Waals surface area contributed by atoms with Crippen LogP contribution in [0.25, 0.3) is 0 Å². The Morgan fingerprint density at radius 1 is 1.35 bits per heavy atom. The molecule has 2 nitrogen and oxygen atoms in total. The van der Waals surface area contributed by atoms with E-state index in [-0.39, 0.29) is 10.6 Å². The predicted molar refractivity (Wildman–Crippen MR) is 76.4 cm³/mol. The highest BCUT2D eigenvalue weighted by Crippen LogP contribution is 2.52. The Kier molecular flexibility index (Phi) is 4.07. The van der Waals surface area contributed by atoms with Gasteiger partial charge in [-0.25, -0.2) is 19.4 Å². The van der Waals surface area contributed by atoms with Crippen molar-refractivity contribution in [1.82, 2.24) is 4.98 Å². The molecule has 1 heterocycles. The van der Waals surface area contributed by atoms with Gasteiger partial charge in [0.1, 0.15) is 11.6 Å². The second kappa shape index (κ2) is 4.84. The molecule has 0 aliphatic carbocycles. The van der Waals surface area contributed by atoms with Gasteiger partial charge in [-0.3, -0.25) is 0 Å². The maximum absolute atomic E-state index is 13.5. The Labute approximate surface area is 105 Å². The number of pyridine rings is 1. The summed E-state index contributed by atoms with van der Waals surface area (Å²) in [5.74, 6) is 1.16. The number of aromatic nitrogens is 1. The van der Waals surface area contributed by atoms with Crippen LogP contribution in [0.3, 0.4) is 0 Å². The number of rotatable bonds is 3. The first-order valence-electron chi connectivity index (χ1n) is 5.74. The van der Waals surface area contributed by atoms with E-state index >= 15 is 0 Å². The van der Waals surface area contributed by atoms with E-state index in [4.69, 9.17) is 5.73 Å². The fourth-order valence-corrected chi connectivity index (χ4v) is 2.70. The molecule has 0 saturated carbocycles. The van der Waals surface area contributed by atoms with Gasteiger partial charge in [-0.2, -0.15) is 0 Å². The molecule has 1 rings (SSSR count). The zero-order valence-electron chi connectivity index (χ0n) is 11.4. The van der Waals surface area contributed by atoms with Crippen molar-refractivity contribution in [3.8, 4) is 0 Å². The zero-order valence-corrected chi connectivity index (χ0v) is 12.2. The molecule has 0 radical (unpaired) electrons. The van der Waals surface area contributed by atoms with Crippen molar-refractivity contribution < 1.29 is 4.39 Å². The summed E-state index contributed by atoms with van der Waals surface area (Å²) in [7, 11) is -0.753. The molecule has 1 aromatic heterocycles. The molecule has 0 fully saturated rings. The van der Waals surface area contributed by atoms with Crippen molar-refractivity contribution in [1.29, 1.82) is 0 Å². The summed E-state index contributed by atoms with van der Waals surface area (Å²) in [6.07, 6.45) is 6.55. The van der Waals surface area contributed by atoms with E-state index in [0.717, 1.165) is 12.2 Å². The van der Waals surface area contributed by atoms with Crippen LogP contribution >= 0.6 is 10.0 Å². The number of hydrogen-bond donors (Lipinski definition) is 1. The molecular formula is C13H23FN2S. The average Bonchev–Trinajstić information content (AvgIpc) is 2.18. The van der Waals surface area contributed by atoms with Crippen LogP contribution < -0.4 is 5.73 Å². The van der Waals surface area contributed by atoms with Crippen molar-refractivity contribution in [3.05, 3.63) is 23.6 Å². The van der Waals surface area contributed by atoms with E-state index in [1.54, 1.807) is 6.07 Å². The molecule has 0 bridgehead atoms. The van der Waals surface area contributed by atoms with Crippen LogP contribution in [0, 0.1) is 5.82 Å². The van der Waals surface area contributed by atoms with Gasteiger partial charge in [-0.05, 0) is 41.1 Å². The molecule has 0 spiro atoms. The molecule has 0 aromatic carbocycles. The largest absolute Gasteiger partial charge is 0.384 e. The lowest BCUT2D eigenvalue weighted by Crippen LogP contribution is -2.26. The summed E-state index contributed by atoms with van der Waals surface area (Å²) >= 11 is 0. The third-order valence-electron chi connectivity index (χ3n) is 3.50. The Bertz CT molecular complexity index is 397. The van der Waals surface area contributed by atoms with E-state index < -0.39 is 10.0 Å². The minimum atomic E-state index is -0.753. The van der Waals surface area contributed by atoms with Gasteiger partial charge in [0.2, 0.25) is 0 Å². The standard InChI is InChI=1S/C13H23FN2S/c1-13(2,3)17(4,5)7-6-10-8-12(15)16-9-11(10)14/h8-9H,6-7H2,1-5H3,(H2,15,16). The van der Waals surface area contributed by atoms with Crippen molar-refractivity contribution in [2.75, 3.05) is 24.0 Å². The van der Waals surface area contributed by atoms with Gasteiger partial charge < -0.3 is 5.73 Å². The fourth-order valence-electron chi connectivity index (χ4n) is 1.36. The highest BCUT2D eigenvalue weighted by atomic mass is 32.3. The zero-order chi connectivity index (χ0) is 13.3. The van der Waals surface area contributed by atoms with Crippen LogP contribution in [0.1, 0.15) is 26.3 Å². The van der Waals surface area contributed by atoms with Crippen LogP contribution in [0.5, 0.6) is 0 Å². The number of aryl methyl sites for hydroxylation is 1. The average molecular weight is 258 g/mol. The summed E-state index contributed by atoms with van der Waals surface area (Å²) in [5.41, 5.74) is 6.26. The van der Waals surface area contributed by atoms with Crippen molar-refractivity contribution >= 4 is 15.8 Å². The third kappa shape index (κ3) is 3.60. The summed E-state index contributed by atoms with van der Waals surface area (Å²) < 4.78 is 13.8. The first kappa shape index (κ1) is 14.3. The highest BCUT2D eigenvalue weighted by molar-refractivity contribution is 8.33. The molecule has 98 valence electrons. The lowest BCUT2D eigenvalue weighted by Gasteiger charge is -2.44. The van der Waals surface area contributed by atoms with Crippen LogP contribution in [0.4, 0.5) is 10.2 Å². The maximum atomic E-state index is 13.5. The first-order valence-corrected chi connectivity index (χ1v) is 8.36. The van der Waals surface area contributed by atoms with Gasteiger partial charge in [-0.15, -0.1) is 0 Å². The molecular weight excluding hydrogens is 235 g/mol. The molecule has 0 saturated heterocycles.